The topological polar surface area (TPSA) is 41.9 Å². The Kier molecular flexibility index (Phi) is 2.85. The van der Waals surface area contributed by atoms with Crippen molar-refractivity contribution in [3.8, 4) is 11.5 Å². The van der Waals surface area contributed by atoms with E-state index >= 15 is 0 Å². The molecule has 0 radical (unpaired) electrons. The third-order valence-electron chi connectivity index (χ3n) is 6.93. The predicted octanol–water partition coefficient (Wildman–Crippen LogP) is 1.97. The molecule has 23 heavy (non-hydrogen) atoms. The predicted molar refractivity (Wildman–Crippen MR) is 87.1 cm³/mol. The number of methoxy groups -OCH3 is 1. The van der Waals surface area contributed by atoms with Gasteiger partial charge in [-0.05, 0) is 62.7 Å². The summed E-state index contributed by atoms with van der Waals surface area (Å²) in [6, 6.07) is 4.28. The van der Waals surface area contributed by atoms with Crippen LogP contribution in [0.2, 0.25) is 0 Å². The SMILES string of the molecule is COc1ccc2c3c1OC1C(O)CCC4C(C2)CN(C)CCC341. The third-order valence-corrected chi connectivity index (χ3v) is 6.93. The van der Waals surface area contributed by atoms with Crippen LogP contribution in [0, 0.1) is 11.8 Å². The normalized spacial score (nSPS) is 41.0. The van der Waals surface area contributed by atoms with Gasteiger partial charge < -0.3 is 19.5 Å². The van der Waals surface area contributed by atoms with Crippen molar-refractivity contribution in [3.63, 3.8) is 0 Å². The van der Waals surface area contributed by atoms with Crippen molar-refractivity contribution < 1.29 is 14.6 Å². The van der Waals surface area contributed by atoms with Gasteiger partial charge in [0.1, 0.15) is 6.10 Å². The fourth-order valence-electron chi connectivity index (χ4n) is 6.11. The molecule has 2 aliphatic carbocycles. The Morgan fingerprint density at radius 2 is 2.22 bits per heavy atom. The highest BCUT2D eigenvalue weighted by Crippen LogP contribution is 2.63. The summed E-state index contributed by atoms with van der Waals surface area (Å²) in [7, 11) is 3.95. The minimum Gasteiger partial charge on any atom is -0.493 e. The number of hydrogen-bond acceptors (Lipinski definition) is 4. The Hall–Kier alpha value is -1.26. The first-order valence-electron chi connectivity index (χ1n) is 8.88. The van der Waals surface area contributed by atoms with Crippen LogP contribution in [-0.4, -0.2) is 49.5 Å². The van der Waals surface area contributed by atoms with E-state index in [4.69, 9.17) is 9.47 Å². The van der Waals surface area contributed by atoms with Gasteiger partial charge in [0.25, 0.3) is 0 Å². The smallest absolute Gasteiger partial charge is 0.165 e. The second kappa shape index (κ2) is 4.64. The van der Waals surface area contributed by atoms with E-state index in [1.54, 1.807) is 7.11 Å². The fourth-order valence-corrected chi connectivity index (χ4v) is 6.11. The molecule has 124 valence electrons. The second-order valence-corrected chi connectivity index (χ2v) is 7.94. The van der Waals surface area contributed by atoms with Crippen LogP contribution in [0.3, 0.4) is 0 Å². The van der Waals surface area contributed by atoms with E-state index in [1.165, 1.54) is 11.1 Å². The van der Waals surface area contributed by atoms with Crippen molar-refractivity contribution in [1.82, 2.24) is 4.90 Å². The van der Waals surface area contributed by atoms with Gasteiger partial charge in [-0.25, -0.2) is 0 Å². The standard InChI is InChI=1S/C19H25NO3/c1-20-8-7-19-13-4-5-14(21)18(19)23-17-15(22-2)6-3-11(16(17)19)9-12(13)10-20/h3,6,12-14,18,21H,4-5,7-10H2,1-2H3. The van der Waals surface area contributed by atoms with E-state index in [2.05, 4.69) is 18.0 Å². The Balaban J connectivity index is 1.78. The van der Waals surface area contributed by atoms with Crippen molar-refractivity contribution >= 4 is 0 Å². The molecule has 0 aromatic heterocycles. The Morgan fingerprint density at radius 3 is 3.04 bits per heavy atom. The number of likely N-dealkylation sites (tertiary alicyclic amines) is 1. The molecule has 1 aromatic carbocycles. The van der Waals surface area contributed by atoms with Crippen LogP contribution in [0.4, 0.5) is 0 Å². The van der Waals surface area contributed by atoms with Gasteiger partial charge in [-0.2, -0.15) is 0 Å². The average Bonchev–Trinajstić information content (AvgIpc) is 2.86. The van der Waals surface area contributed by atoms with Crippen molar-refractivity contribution in [2.24, 2.45) is 11.8 Å². The number of aliphatic hydroxyl groups is 1. The summed E-state index contributed by atoms with van der Waals surface area (Å²) >= 11 is 0. The Bertz CT molecular complexity index is 660. The summed E-state index contributed by atoms with van der Waals surface area (Å²) < 4.78 is 12.0. The van der Waals surface area contributed by atoms with Crippen molar-refractivity contribution in [1.29, 1.82) is 0 Å². The lowest BCUT2D eigenvalue weighted by atomic mass is 9.52. The highest BCUT2D eigenvalue weighted by Gasteiger charge is 2.63. The molecule has 4 nitrogen and oxygen atoms in total. The summed E-state index contributed by atoms with van der Waals surface area (Å²) in [4.78, 5) is 2.47. The Morgan fingerprint density at radius 1 is 1.35 bits per heavy atom. The molecular weight excluding hydrogens is 290 g/mol. The monoisotopic (exact) mass is 315 g/mol. The van der Waals surface area contributed by atoms with Crippen LogP contribution >= 0.6 is 0 Å². The molecule has 1 saturated carbocycles. The summed E-state index contributed by atoms with van der Waals surface area (Å²) in [5, 5.41) is 10.7. The van der Waals surface area contributed by atoms with E-state index < -0.39 is 0 Å². The van der Waals surface area contributed by atoms with Crippen LogP contribution in [0.5, 0.6) is 11.5 Å². The molecule has 5 unspecified atom stereocenters. The van der Waals surface area contributed by atoms with Gasteiger partial charge in [-0.3, -0.25) is 0 Å². The molecule has 5 atom stereocenters. The van der Waals surface area contributed by atoms with Crippen molar-refractivity contribution in [3.05, 3.63) is 23.3 Å². The molecule has 2 aliphatic heterocycles. The molecule has 0 amide bonds. The first-order chi connectivity index (χ1) is 11.1. The van der Waals surface area contributed by atoms with E-state index in [0.29, 0.717) is 11.8 Å². The van der Waals surface area contributed by atoms with Crippen LogP contribution in [0.1, 0.15) is 30.4 Å². The van der Waals surface area contributed by atoms with Gasteiger partial charge in [-0.1, -0.05) is 6.07 Å². The van der Waals surface area contributed by atoms with Crippen LogP contribution in [-0.2, 0) is 11.8 Å². The summed E-state index contributed by atoms with van der Waals surface area (Å²) in [5.41, 5.74) is 2.79. The maximum absolute atomic E-state index is 10.7. The van der Waals surface area contributed by atoms with Crippen molar-refractivity contribution in [2.45, 2.75) is 43.3 Å². The van der Waals surface area contributed by atoms with E-state index in [-0.39, 0.29) is 17.6 Å². The van der Waals surface area contributed by atoms with Gasteiger partial charge in [0.15, 0.2) is 11.5 Å². The fraction of sp³-hybridized carbons (Fsp3) is 0.684. The number of benzene rings is 1. The highest BCUT2D eigenvalue weighted by atomic mass is 16.5. The summed E-state index contributed by atoms with van der Waals surface area (Å²) in [6.07, 6.45) is 3.74. The molecule has 4 heteroatoms. The van der Waals surface area contributed by atoms with E-state index in [0.717, 1.165) is 50.3 Å². The van der Waals surface area contributed by atoms with Gasteiger partial charge in [0.05, 0.1) is 13.2 Å². The van der Waals surface area contributed by atoms with E-state index in [1.807, 2.05) is 6.07 Å². The van der Waals surface area contributed by atoms with Gasteiger partial charge >= 0.3 is 0 Å². The first kappa shape index (κ1) is 14.1. The molecule has 1 aromatic rings. The molecule has 4 aliphatic rings. The number of hydrogen-bond donors (Lipinski definition) is 1. The third kappa shape index (κ3) is 1.64. The highest BCUT2D eigenvalue weighted by molar-refractivity contribution is 5.60. The maximum atomic E-state index is 10.7. The van der Waals surface area contributed by atoms with Gasteiger partial charge in [0, 0.05) is 17.5 Å². The molecule has 2 bridgehead atoms. The zero-order valence-electron chi connectivity index (χ0n) is 13.9. The zero-order chi connectivity index (χ0) is 15.8. The Labute approximate surface area is 137 Å². The molecule has 5 rings (SSSR count). The molecule has 1 saturated heterocycles. The van der Waals surface area contributed by atoms with Gasteiger partial charge in [-0.15, -0.1) is 0 Å². The van der Waals surface area contributed by atoms with Crippen LogP contribution < -0.4 is 9.47 Å². The average molecular weight is 315 g/mol. The minimum absolute atomic E-state index is 0.00937. The number of aliphatic hydroxyl groups excluding tert-OH is 1. The maximum Gasteiger partial charge on any atom is 0.165 e. The molecule has 2 heterocycles. The quantitative estimate of drug-likeness (QED) is 0.860. The lowest BCUT2D eigenvalue weighted by Crippen LogP contribution is -2.58. The summed E-state index contributed by atoms with van der Waals surface area (Å²) in [5.74, 6) is 3.05. The number of rotatable bonds is 1. The van der Waals surface area contributed by atoms with E-state index in [9.17, 15) is 5.11 Å². The molecule has 1 spiro atoms. The van der Waals surface area contributed by atoms with Crippen LogP contribution in [0.15, 0.2) is 12.1 Å². The van der Waals surface area contributed by atoms with Crippen molar-refractivity contribution in [2.75, 3.05) is 27.2 Å². The molecule has 2 fully saturated rings. The number of nitrogens with zero attached hydrogens (tertiary/aromatic N) is 1. The lowest BCUT2D eigenvalue weighted by molar-refractivity contribution is -0.0666. The zero-order valence-corrected chi connectivity index (χ0v) is 13.9. The number of ether oxygens (including phenoxy) is 2. The van der Waals surface area contributed by atoms with Crippen LogP contribution in [0.25, 0.3) is 0 Å². The van der Waals surface area contributed by atoms with Gasteiger partial charge in [0.2, 0.25) is 0 Å². The largest absolute Gasteiger partial charge is 0.493 e. The minimum atomic E-state index is -0.363. The second-order valence-electron chi connectivity index (χ2n) is 7.94. The molecular formula is C19H25NO3. The molecule has 1 N–H and O–H groups in total. The lowest BCUT2D eigenvalue weighted by Gasteiger charge is -2.51. The summed E-state index contributed by atoms with van der Waals surface area (Å²) in [6.45, 7) is 2.24. The first-order valence-corrected chi connectivity index (χ1v) is 8.88.